The van der Waals surface area contributed by atoms with Gasteiger partial charge in [0.1, 0.15) is 0 Å². The minimum absolute atomic E-state index is 0.338. The molecule has 0 saturated heterocycles. The molecule has 0 aromatic rings. The van der Waals surface area contributed by atoms with E-state index in [1.165, 1.54) is 26.4 Å². The molecule has 0 spiro atoms. The van der Waals surface area contributed by atoms with E-state index < -0.39 is 0 Å². The standard InChI is InChI=1S/C11H23NO3/c1-14-10-8-6-4-3-5-7-9-12-11(13)15-2/h3-10H2,1-2H3,(H,12,13). The Hall–Kier alpha value is -0.770. The Morgan fingerprint density at radius 2 is 1.60 bits per heavy atom. The van der Waals surface area contributed by atoms with Crippen molar-refractivity contribution in [3.63, 3.8) is 0 Å². The highest BCUT2D eigenvalue weighted by molar-refractivity contribution is 5.66. The van der Waals surface area contributed by atoms with Crippen LogP contribution in [0.5, 0.6) is 0 Å². The third-order valence-corrected chi connectivity index (χ3v) is 2.23. The lowest BCUT2D eigenvalue weighted by Crippen LogP contribution is -2.23. The molecule has 0 aromatic carbocycles. The first-order valence-corrected chi connectivity index (χ1v) is 5.62. The first-order chi connectivity index (χ1) is 7.31. The number of alkyl carbamates (subject to hydrolysis) is 1. The van der Waals surface area contributed by atoms with Crippen LogP contribution in [0.4, 0.5) is 4.79 Å². The summed E-state index contributed by atoms with van der Waals surface area (Å²) in [6.45, 7) is 1.58. The van der Waals surface area contributed by atoms with Gasteiger partial charge in [-0.15, -0.1) is 0 Å². The highest BCUT2D eigenvalue weighted by atomic mass is 16.5. The van der Waals surface area contributed by atoms with E-state index in [9.17, 15) is 4.79 Å². The Labute approximate surface area is 92.3 Å². The van der Waals surface area contributed by atoms with Gasteiger partial charge in [0, 0.05) is 20.3 Å². The molecule has 0 heterocycles. The molecule has 4 heteroatoms. The van der Waals surface area contributed by atoms with Gasteiger partial charge >= 0.3 is 6.09 Å². The second kappa shape index (κ2) is 11.3. The van der Waals surface area contributed by atoms with Crippen LogP contribution in [0.15, 0.2) is 0 Å². The zero-order valence-corrected chi connectivity index (χ0v) is 9.88. The third kappa shape index (κ3) is 11.2. The van der Waals surface area contributed by atoms with Crippen molar-refractivity contribution in [2.24, 2.45) is 0 Å². The summed E-state index contributed by atoms with van der Waals surface area (Å²) in [6, 6.07) is 0. The van der Waals surface area contributed by atoms with Gasteiger partial charge in [0.15, 0.2) is 0 Å². The zero-order chi connectivity index (χ0) is 11.4. The molecule has 0 atom stereocenters. The van der Waals surface area contributed by atoms with E-state index in [4.69, 9.17) is 4.74 Å². The molecule has 4 nitrogen and oxygen atoms in total. The van der Waals surface area contributed by atoms with Gasteiger partial charge in [0.25, 0.3) is 0 Å². The number of amides is 1. The molecule has 0 fully saturated rings. The molecule has 1 N–H and O–H groups in total. The number of carbonyl (C=O) groups is 1. The normalized spacial score (nSPS) is 10.0. The summed E-state index contributed by atoms with van der Waals surface area (Å²) in [7, 11) is 3.11. The van der Waals surface area contributed by atoms with Gasteiger partial charge in [-0.25, -0.2) is 4.79 Å². The second-order valence-electron chi connectivity index (χ2n) is 3.53. The highest BCUT2D eigenvalue weighted by Gasteiger charge is 1.96. The van der Waals surface area contributed by atoms with Crippen molar-refractivity contribution in [3.05, 3.63) is 0 Å². The quantitative estimate of drug-likeness (QED) is 0.603. The Bertz CT molecular complexity index is 151. The van der Waals surface area contributed by atoms with Crippen molar-refractivity contribution in [2.75, 3.05) is 27.4 Å². The molecule has 0 bridgehead atoms. The van der Waals surface area contributed by atoms with Gasteiger partial charge in [0.05, 0.1) is 7.11 Å². The average molecular weight is 217 g/mol. The van der Waals surface area contributed by atoms with E-state index in [2.05, 4.69) is 10.1 Å². The number of methoxy groups -OCH3 is 2. The first-order valence-electron chi connectivity index (χ1n) is 5.62. The summed E-state index contributed by atoms with van der Waals surface area (Å²) in [5, 5.41) is 2.66. The van der Waals surface area contributed by atoms with Gasteiger partial charge in [-0.2, -0.15) is 0 Å². The number of carbonyl (C=O) groups excluding carboxylic acids is 1. The highest BCUT2D eigenvalue weighted by Crippen LogP contribution is 2.04. The molecular formula is C11H23NO3. The molecule has 0 aromatic heterocycles. The molecule has 0 radical (unpaired) electrons. The van der Waals surface area contributed by atoms with Crippen LogP contribution in [-0.4, -0.2) is 33.5 Å². The Kier molecular flexibility index (Phi) is 10.7. The number of rotatable bonds is 9. The lowest BCUT2D eigenvalue weighted by molar-refractivity contribution is 0.171. The minimum Gasteiger partial charge on any atom is -0.453 e. The SMILES string of the molecule is COCCCCCCCCNC(=O)OC. The number of hydrogen-bond donors (Lipinski definition) is 1. The van der Waals surface area contributed by atoms with Crippen LogP contribution in [0.25, 0.3) is 0 Å². The van der Waals surface area contributed by atoms with Crippen LogP contribution >= 0.6 is 0 Å². The largest absolute Gasteiger partial charge is 0.453 e. The number of unbranched alkanes of at least 4 members (excludes halogenated alkanes) is 5. The predicted octanol–water partition coefficient (Wildman–Crippen LogP) is 2.33. The molecule has 15 heavy (non-hydrogen) atoms. The molecule has 90 valence electrons. The van der Waals surface area contributed by atoms with Gasteiger partial charge in [0.2, 0.25) is 0 Å². The van der Waals surface area contributed by atoms with Crippen LogP contribution in [0.3, 0.4) is 0 Å². The smallest absolute Gasteiger partial charge is 0.406 e. The fraction of sp³-hybridized carbons (Fsp3) is 0.909. The summed E-state index contributed by atoms with van der Waals surface area (Å²) in [6.07, 6.45) is 6.72. The van der Waals surface area contributed by atoms with E-state index in [1.54, 1.807) is 7.11 Å². The molecule has 0 aliphatic rings. The van der Waals surface area contributed by atoms with Crippen molar-refractivity contribution in [3.8, 4) is 0 Å². The summed E-state index contributed by atoms with van der Waals surface area (Å²) in [5.74, 6) is 0. The molecule has 0 aliphatic heterocycles. The van der Waals surface area contributed by atoms with E-state index in [-0.39, 0.29) is 6.09 Å². The Balaban J connectivity index is 2.95. The molecule has 0 aliphatic carbocycles. The minimum atomic E-state index is -0.338. The van der Waals surface area contributed by atoms with Gasteiger partial charge < -0.3 is 14.8 Å². The summed E-state index contributed by atoms with van der Waals surface area (Å²) < 4.78 is 9.42. The van der Waals surface area contributed by atoms with Crippen molar-refractivity contribution in [1.82, 2.24) is 5.32 Å². The fourth-order valence-corrected chi connectivity index (χ4v) is 1.34. The maximum absolute atomic E-state index is 10.7. The van der Waals surface area contributed by atoms with E-state index in [0.717, 1.165) is 25.9 Å². The van der Waals surface area contributed by atoms with Crippen molar-refractivity contribution >= 4 is 6.09 Å². The number of nitrogens with one attached hydrogen (secondary N) is 1. The molecule has 0 unspecified atom stereocenters. The Morgan fingerprint density at radius 1 is 1.00 bits per heavy atom. The van der Waals surface area contributed by atoms with Crippen LogP contribution in [0, 0.1) is 0 Å². The van der Waals surface area contributed by atoms with Crippen LogP contribution in [0.1, 0.15) is 38.5 Å². The third-order valence-electron chi connectivity index (χ3n) is 2.23. The summed E-state index contributed by atoms with van der Waals surface area (Å²) in [4.78, 5) is 10.7. The summed E-state index contributed by atoms with van der Waals surface area (Å²) in [5.41, 5.74) is 0. The van der Waals surface area contributed by atoms with E-state index in [1.807, 2.05) is 0 Å². The molecular weight excluding hydrogens is 194 g/mol. The second-order valence-corrected chi connectivity index (χ2v) is 3.53. The van der Waals surface area contributed by atoms with E-state index >= 15 is 0 Å². The van der Waals surface area contributed by atoms with Crippen LogP contribution < -0.4 is 5.32 Å². The van der Waals surface area contributed by atoms with Gasteiger partial charge in [-0.3, -0.25) is 0 Å². The molecule has 1 amide bonds. The van der Waals surface area contributed by atoms with E-state index in [0.29, 0.717) is 6.54 Å². The maximum Gasteiger partial charge on any atom is 0.406 e. The van der Waals surface area contributed by atoms with Crippen molar-refractivity contribution < 1.29 is 14.3 Å². The topological polar surface area (TPSA) is 47.6 Å². The van der Waals surface area contributed by atoms with Crippen molar-refractivity contribution in [2.45, 2.75) is 38.5 Å². The number of ether oxygens (including phenoxy) is 2. The monoisotopic (exact) mass is 217 g/mol. The molecule has 0 rings (SSSR count). The predicted molar refractivity (Wildman–Crippen MR) is 60.0 cm³/mol. The lowest BCUT2D eigenvalue weighted by Gasteiger charge is -2.03. The van der Waals surface area contributed by atoms with Gasteiger partial charge in [-0.1, -0.05) is 25.7 Å². The van der Waals surface area contributed by atoms with Crippen LogP contribution in [0.2, 0.25) is 0 Å². The Morgan fingerprint density at radius 3 is 2.20 bits per heavy atom. The fourth-order valence-electron chi connectivity index (χ4n) is 1.34. The van der Waals surface area contributed by atoms with Gasteiger partial charge in [-0.05, 0) is 12.8 Å². The average Bonchev–Trinajstić information content (AvgIpc) is 2.26. The first kappa shape index (κ1) is 14.2. The number of hydrogen-bond acceptors (Lipinski definition) is 3. The van der Waals surface area contributed by atoms with Crippen molar-refractivity contribution in [1.29, 1.82) is 0 Å². The lowest BCUT2D eigenvalue weighted by atomic mass is 10.1. The van der Waals surface area contributed by atoms with Crippen LogP contribution in [-0.2, 0) is 9.47 Å². The summed E-state index contributed by atoms with van der Waals surface area (Å²) >= 11 is 0. The maximum atomic E-state index is 10.7. The molecule has 0 saturated carbocycles. The zero-order valence-electron chi connectivity index (χ0n) is 9.88.